The molecule has 3 N–H and O–H groups in total. The Balaban J connectivity index is 1.68. The fraction of sp³-hybridized carbons (Fsp3) is 0.421. The minimum Gasteiger partial charge on any atom is -0.491 e. The molecule has 10 heteroatoms. The number of nitrogens with one attached hydrogen (secondary N) is 1. The number of alkyl halides is 2. The zero-order valence-corrected chi connectivity index (χ0v) is 15.8. The number of anilines is 2. The normalized spacial score (nSPS) is 19.4. The van der Waals surface area contributed by atoms with Gasteiger partial charge >= 0.3 is 0 Å². The molecule has 4 rings (SSSR count). The number of halogens is 2. The summed E-state index contributed by atoms with van der Waals surface area (Å²) in [6, 6.07) is 3.56. The second kappa shape index (κ2) is 7.34. The number of amides is 2. The summed E-state index contributed by atoms with van der Waals surface area (Å²) in [6.07, 6.45) is -0.803. The maximum atomic E-state index is 13.4. The molecule has 1 unspecified atom stereocenters. The van der Waals surface area contributed by atoms with E-state index >= 15 is 0 Å². The van der Waals surface area contributed by atoms with E-state index in [1.54, 1.807) is 35.9 Å². The van der Waals surface area contributed by atoms with Crippen molar-refractivity contribution in [3.05, 3.63) is 24.4 Å². The molecule has 0 radical (unpaired) electrons. The smallest absolute Gasteiger partial charge is 0.259 e. The first-order valence-electron chi connectivity index (χ1n) is 9.35. The van der Waals surface area contributed by atoms with Crippen LogP contribution in [0.2, 0.25) is 0 Å². The van der Waals surface area contributed by atoms with Crippen LogP contribution < -0.4 is 20.7 Å². The lowest BCUT2D eigenvalue weighted by atomic mass is 10.1. The van der Waals surface area contributed by atoms with Crippen LogP contribution in [0.5, 0.6) is 5.75 Å². The lowest BCUT2D eigenvalue weighted by molar-refractivity contribution is -0.118. The number of fused-ring (bicyclic) bond motifs is 3. The number of nitrogens with two attached hydrogens (primary N) is 1. The van der Waals surface area contributed by atoms with E-state index in [4.69, 9.17) is 10.5 Å². The van der Waals surface area contributed by atoms with Crippen molar-refractivity contribution in [1.82, 2.24) is 9.55 Å². The Kier molecular flexibility index (Phi) is 4.85. The highest BCUT2D eigenvalue weighted by molar-refractivity contribution is 5.95. The van der Waals surface area contributed by atoms with Gasteiger partial charge in [-0.25, -0.2) is 13.8 Å². The van der Waals surface area contributed by atoms with Crippen molar-refractivity contribution >= 4 is 23.3 Å². The molecule has 2 atom stereocenters. The first-order chi connectivity index (χ1) is 13.8. The third kappa shape index (κ3) is 3.50. The monoisotopic (exact) mass is 405 g/mol. The molecule has 3 heterocycles. The number of rotatable bonds is 5. The van der Waals surface area contributed by atoms with Crippen LogP contribution in [0.15, 0.2) is 24.4 Å². The Labute approximate surface area is 165 Å². The van der Waals surface area contributed by atoms with Crippen LogP contribution >= 0.6 is 0 Å². The number of carbonyl (C=O) groups excluding carboxylic acids is 2. The average molecular weight is 405 g/mol. The van der Waals surface area contributed by atoms with E-state index in [0.717, 1.165) is 4.90 Å². The lowest BCUT2D eigenvalue weighted by Crippen LogP contribution is -2.38. The van der Waals surface area contributed by atoms with Crippen molar-refractivity contribution in [2.24, 2.45) is 5.73 Å². The number of benzene rings is 1. The van der Waals surface area contributed by atoms with Crippen molar-refractivity contribution in [2.75, 3.05) is 16.8 Å². The van der Waals surface area contributed by atoms with Crippen molar-refractivity contribution in [1.29, 1.82) is 0 Å². The first-order valence-corrected chi connectivity index (χ1v) is 9.35. The van der Waals surface area contributed by atoms with Gasteiger partial charge in [-0.05, 0) is 25.5 Å². The van der Waals surface area contributed by atoms with Crippen molar-refractivity contribution in [3.63, 3.8) is 0 Å². The topological polar surface area (TPSA) is 102 Å². The standard InChI is InChI=1S/C19H21F2N5O3/c1-10(18(22)28)23-11-2-3-12-14(8-11)29-7-6-25-9-15(24-19(12)25)26-13(17(20)21)4-5-16(26)27/h2-3,8-10,13,17,23H,4-7H2,1H3,(H2,22,28)/t10-,13?/m0/s1. The van der Waals surface area contributed by atoms with Gasteiger partial charge in [-0.3, -0.25) is 14.5 Å². The Morgan fingerprint density at radius 1 is 1.41 bits per heavy atom. The molecule has 1 fully saturated rings. The highest BCUT2D eigenvalue weighted by Gasteiger charge is 2.39. The summed E-state index contributed by atoms with van der Waals surface area (Å²) in [6.45, 7) is 2.45. The van der Waals surface area contributed by atoms with E-state index in [2.05, 4.69) is 10.3 Å². The summed E-state index contributed by atoms with van der Waals surface area (Å²) in [5.41, 5.74) is 6.61. The van der Waals surface area contributed by atoms with Gasteiger partial charge in [-0.15, -0.1) is 0 Å². The number of nitrogens with zero attached hydrogens (tertiary/aromatic N) is 3. The van der Waals surface area contributed by atoms with Crippen LogP contribution in [0.1, 0.15) is 19.8 Å². The number of imidazole rings is 1. The van der Waals surface area contributed by atoms with Gasteiger partial charge in [-0.2, -0.15) is 0 Å². The molecule has 1 aromatic carbocycles. The minimum atomic E-state index is -2.63. The second-order valence-electron chi connectivity index (χ2n) is 7.15. The Morgan fingerprint density at radius 2 is 2.21 bits per heavy atom. The van der Waals surface area contributed by atoms with E-state index in [1.807, 2.05) is 0 Å². The van der Waals surface area contributed by atoms with E-state index in [1.165, 1.54) is 0 Å². The van der Waals surface area contributed by atoms with Crippen LogP contribution in [0.25, 0.3) is 11.4 Å². The third-order valence-corrected chi connectivity index (χ3v) is 5.18. The predicted molar refractivity (Wildman–Crippen MR) is 102 cm³/mol. The predicted octanol–water partition coefficient (Wildman–Crippen LogP) is 1.99. The van der Waals surface area contributed by atoms with Gasteiger partial charge in [0.2, 0.25) is 11.8 Å². The van der Waals surface area contributed by atoms with Gasteiger partial charge < -0.3 is 20.4 Å². The molecular formula is C19H21F2N5O3. The molecule has 154 valence electrons. The van der Waals surface area contributed by atoms with E-state index in [9.17, 15) is 18.4 Å². The van der Waals surface area contributed by atoms with Crippen molar-refractivity contribution < 1.29 is 23.1 Å². The summed E-state index contributed by atoms with van der Waals surface area (Å²) >= 11 is 0. The van der Waals surface area contributed by atoms with E-state index in [-0.39, 0.29) is 24.6 Å². The van der Waals surface area contributed by atoms with E-state index < -0.39 is 24.4 Å². The molecule has 0 spiro atoms. The summed E-state index contributed by atoms with van der Waals surface area (Å²) in [7, 11) is 0. The molecule has 0 bridgehead atoms. The molecule has 2 aliphatic heterocycles. The van der Waals surface area contributed by atoms with Gasteiger partial charge in [0.15, 0.2) is 5.82 Å². The Bertz CT molecular complexity index is 961. The molecule has 2 aromatic rings. The Morgan fingerprint density at radius 3 is 2.93 bits per heavy atom. The highest BCUT2D eigenvalue weighted by atomic mass is 19.3. The molecule has 8 nitrogen and oxygen atoms in total. The molecule has 0 aliphatic carbocycles. The molecule has 29 heavy (non-hydrogen) atoms. The van der Waals surface area contributed by atoms with Crippen LogP contribution in [-0.4, -0.2) is 46.5 Å². The number of primary amides is 1. The van der Waals surface area contributed by atoms with E-state index in [0.29, 0.717) is 36.0 Å². The van der Waals surface area contributed by atoms with Gasteiger partial charge in [0.25, 0.3) is 6.43 Å². The van der Waals surface area contributed by atoms with Crippen LogP contribution in [-0.2, 0) is 16.1 Å². The zero-order valence-electron chi connectivity index (χ0n) is 15.8. The van der Waals surface area contributed by atoms with Gasteiger partial charge in [0, 0.05) is 24.4 Å². The van der Waals surface area contributed by atoms with Crippen LogP contribution in [0.4, 0.5) is 20.3 Å². The number of ether oxygens (including phenoxy) is 1. The number of hydrogen-bond acceptors (Lipinski definition) is 5. The van der Waals surface area contributed by atoms with Crippen molar-refractivity contribution in [2.45, 2.75) is 44.8 Å². The molecule has 2 amide bonds. The van der Waals surface area contributed by atoms with Crippen LogP contribution in [0, 0.1) is 0 Å². The third-order valence-electron chi connectivity index (χ3n) is 5.18. The summed E-state index contributed by atoms with van der Waals surface area (Å²) < 4.78 is 34.3. The van der Waals surface area contributed by atoms with Gasteiger partial charge in [0.1, 0.15) is 24.2 Å². The largest absolute Gasteiger partial charge is 0.491 e. The number of aromatic nitrogens is 2. The Hall–Kier alpha value is -3.17. The molecule has 2 aliphatic rings. The van der Waals surface area contributed by atoms with Gasteiger partial charge in [0.05, 0.1) is 18.2 Å². The molecule has 1 aromatic heterocycles. The lowest BCUT2D eigenvalue weighted by Gasteiger charge is -2.21. The maximum Gasteiger partial charge on any atom is 0.259 e. The quantitative estimate of drug-likeness (QED) is 0.792. The summed E-state index contributed by atoms with van der Waals surface area (Å²) in [4.78, 5) is 29.1. The highest BCUT2D eigenvalue weighted by Crippen LogP contribution is 2.37. The number of carbonyl (C=O) groups is 2. The summed E-state index contributed by atoms with van der Waals surface area (Å²) in [5, 5.41) is 2.99. The van der Waals surface area contributed by atoms with Crippen molar-refractivity contribution in [3.8, 4) is 17.1 Å². The SMILES string of the molecule is C[C@H](Nc1ccc2c(c1)OCCn1cc(N3C(=O)CCC3C(F)F)nc1-2)C(N)=O. The molecule has 1 saturated heterocycles. The number of hydrogen-bond donors (Lipinski definition) is 2. The second-order valence-corrected chi connectivity index (χ2v) is 7.15. The van der Waals surface area contributed by atoms with Gasteiger partial charge in [-0.1, -0.05) is 0 Å². The maximum absolute atomic E-state index is 13.4. The van der Waals surface area contributed by atoms with Crippen LogP contribution in [0.3, 0.4) is 0 Å². The molecule has 0 saturated carbocycles. The minimum absolute atomic E-state index is 0.0873. The molecular weight excluding hydrogens is 384 g/mol. The fourth-order valence-corrected chi connectivity index (χ4v) is 3.64. The first kappa shape index (κ1) is 19.2. The zero-order chi connectivity index (χ0) is 20.7. The fourth-order valence-electron chi connectivity index (χ4n) is 3.64. The average Bonchev–Trinajstić information content (AvgIpc) is 3.21. The summed E-state index contributed by atoms with van der Waals surface area (Å²) in [5.74, 6) is 0.477.